The molecule has 1 saturated heterocycles. The predicted octanol–water partition coefficient (Wildman–Crippen LogP) is 3.75. The quantitative estimate of drug-likeness (QED) is 0.272. The third-order valence-corrected chi connectivity index (χ3v) is 12.1. The molecule has 16 nitrogen and oxygen atoms in total. The molecule has 0 radical (unpaired) electrons. The molecule has 1 amide bonds. The predicted molar refractivity (Wildman–Crippen MR) is 210 cm³/mol. The molecule has 59 heavy (non-hydrogen) atoms. The maximum absolute atomic E-state index is 14.8. The van der Waals surface area contributed by atoms with Gasteiger partial charge in [-0.2, -0.15) is 0 Å². The molecule has 5 N–H and O–H groups in total. The Bertz CT molecular complexity index is 2040. The SMILES string of the molecule is COC1C=COC2(C)Oc3c(C)c(O)c4c(c3C2=O)C(=O)C(N2CCC(C(=O)O)CC2)=C(NC(=O)C(C)=CC=CC(C)C(O)C(C)C(O)C(C)C(OC(C)=O)C1C)C4=O. The summed E-state index contributed by atoms with van der Waals surface area (Å²) in [4.78, 5) is 83.1. The molecule has 320 valence electrons. The van der Waals surface area contributed by atoms with Crippen molar-refractivity contribution < 1.29 is 68.1 Å². The number of nitrogens with one attached hydrogen (secondary N) is 1. The van der Waals surface area contributed by atoms with E-state index < -0.39 is 118 Å². The number of fused-ring (bicyclic) bond motifs is 14. The topological polar surface area (TPSA) is 236 Å². The van der Waals surface area contributed by atoms with Crippen LogP contribution in [0.15, 0.2) is 47.5 Å². The molecular formula is C43H54N2O14. The number of carbonyl (C=O) groups is 6. The molecule has 6 rings (SSSR count). The van der Waals surface area contributed by atoms with Gasteiger partial charge in [0.25, 0.3) is 11.7 Å². The van der Waals surface area contributed by atoms with Gasteiger partial charge in [0.1, 0.15) is 29.0 Å². The number of allylic oxidation sites excluding steroid dienone is 4. The van der Waals surface area contributed by atoms with Crippen molar-refractivity contribution in [3.8, 4) is 11.5 Å². The van der Waals surface area contributed by atoms with Crippen LogP contribution in [0.5, 0.6) is 11.5 Å². The summed E-state index contributed by atoms with van der Waals surface area (Å²) in [6.45, 7) is 12.2. The number of carboxylic acids is 1. The summed E-state index contributed by atoms with van der Waals surface area (Å²) in [6.07, 6.45) is 3.42. The molecule has 1 aromatic rings. The molecule has 5 bridgehead atoms. The number of phenols is 1. The number of benzene rings is 1. The number of ketones is 3. The van der Waals surface area contributed by atoms with E-state index in [0.29, 0.717) is 0 Å². The fourth-order valence-electron chi connectivity index (χ4n) is 8.33. The minimum absolute atomic E-state index is 0.0250. The number of rotatable bonds is 4. The van der Waals surface area contributed by atoms with Gasteiger partial charge in [-0.05, 0) is 32.8 Å². The first-order valence-electron chi connectivity index (χ1n) is 19.7. The number of methoxy groups -OCH3 is 1. The molecule has 0 spiro atoms. The highest BCUT2D eigenvalue weighted by Crippen LogP contribution is 2.49. The maximum atomic E-state index is 14.8. The van der Waals surface area contributed by atoms with Crippen LogP contribution < -0.4 is 10.1 Å². The van der Waals surface area contributed by atoms with Crippen molar-refractivity contribution in [2.45, 2.75) is 98.4 Å². The number of phenolic OH excluding ortho intramolecular Hbond substituents is 1. The van der Waals surface area contributed by atoms with E-state index in [1.165, 1.54) is 57.9 Å². The summed E-state index contributed by atoms with van der Waals surface area (Å²) >= 11 is 0. The molecule has 9 unspecified atom stereocenters. The first kappa shape index (κ1) is 44.8. The largest absolute Gasteiger partial charge is 0.507 e. The van der Waals surface area contributed by atoms with Crippen LogP contribution in [-0.4, -0.2) is 111 Å². The van der Waals surface area contributed by atoms with Crippen LogP contribution in [-0.2, 0) is 28.6 Å². The minimum atomic E-state index is -2.13. The van der Waals surface area contributed by atoms with Crippen molar-refractivity contribution in [1.29, 1.82) is 0 Å². The Balaban J connectivity index is 1.67. The van der Waals surface area contributed by atoms with Gasteiger partial charge in [0.05, 0.1) is 47.2 Å². The molecule has 1 aliphatic carbocycles. The van der Waals surface area contributed by atoms with Crippen LogP contribution in [0.25, 0.3) is 0 Å². The summed E-state index contributed by atoms with van der Waals surface area (Å²) < 4.78 is 23.4. The number of amides is 1. The molecule has 16 heteroatoms. The first-order chi connectivity index (χ1) is 27.7. The lowest BCUT2D eigenvalue weighted by Crippen LogP contribution is -2.46. The highest BCUT2D eigenvalue weighted by molar-refractivity contribution is 6.32. The number of hydrogen-bond donors (Lipinski definition) is 5. The standard InChI is InChI=1S/C43H54N2O14/c1-19-11-10-12-20(2)41(53)44-31-32(45-16-13-26(14-17-45)42(54)55)37(51)28-29(36(31)50)35(49)24(6)39-30(28)40(52)43(8,59-39)57-18-15-27(56-9)21(3)38(58-25(7)46)23(5)34(48)22(4)33(19)47/h10-12,15,18-19,21-23,26-27,33-34,38,47-49H,13-14,16-17H2,1-9H3,(H,44,53)(H,54,55). The second kappa shape index (κ2) is 17.5. The van der Waals surface area contributed by atoms with Gasteiger partial charge in [0.15, 0.2) is 0 Å². The van der Waals surface area contributed by atoms with Crippen LogP contribution >= 0.6 is 0 Å². The highest BCUT2D eigenvalue weighted by atomic mass is 16.7. The third-order valence-electron chi connectivity index (χ3n) is 12.1. The van der Waals surface area contributed by atoms with Crippen molar-refractivity contribution >= 4 is 35.2 Å². The van der Waals surface area contributed by atoms with E-state index in [2.05, 4.69) is 5.32 Å². The number of esters is 1. The summed E-state index contributed by atoms with van der Waals surface area (Å²) in [5.41, 5.74) is -1.97. The zero-order valence-electron chi connectivity index (χ0n) is 34.7. The summed E-state index contributed by atoms with van der Waals surface area (Å²) in [5, 5.41) is 46.5. The lowest BCUT2D eigenvalue weighted by Gasteiger charge is -2.38. The number of ether oxygens (including phenoxy) is 4. The van der Waals surface area contributed by atoms with Gasteiger partial charge in [-0.3, -0.25) is 28.8 Å². The van der Waals surface area contributed by atoms with Crippen molar-refractivity contribution in [2.24, 2.45) is 29.6 Å². The van der Waals surface area contributed by atoms with Crippen molar-refractivity contribution in [1.82, 2.24) is 10.2 Å². The average Bonchev–Trinajstić information content (AvgIpc) is 3.46. The fourth-order valence-corrected chi connectivity index (χ4v) is 8.33. The molecule has 5 aliphatic rings. The monoisotopic (exact) mass is 822 g/mol. The first-order valence-corrected chi connectivity index (χ1v) is 19.7. The van der Waals surface area contributed by atoms with Gasteiger partial charge in [0, 0.05) is 68.9 Å². The second-order valence-electron chi connectivity index (χ2n) is 16.1. The maximum Gasteiger partial charge on any atom is 0.312 e. The Morgan fingerprint density at radius 2 is 1.56 bits per heavy atom. The molecule has 4 aliphatic heterocycles. The molecule has 0 saturated carbocycles. The number of aromatic hydroxyl groups is 1. The molecule has 0 aromatic heterocycles. The minimum Gasteiger partial charge on any atom is -0.507 e. The van der Waals surface area contributed by atoms with Crippen LogP contribution in [0.4, 0.5) is 0 Å². The van der Waals surface area contributed by atoms with Gasteiger partial charge < -0.3 is 49.6 Å². The lowest BCUT2D eigenvalue weighted by molar-refractivity contribution is -0.160. The summed E-state index contributed by atoms with van der Waals surface area (Å²) in [5.74, 6) is -11.4. The number of carbonyl (C=O) groups excluding carboxylic acids is 5. The number of aliphatic hydroxyl groups excluding tert-OH is 2. The van der Waals surface area contributed by atoms with Gasteiger partial charge >= 0.3 is 17.7 Å². The number of Topliss-reactive ketones (excluding diaryl/α,β-unsaturated/α-hetero) is 3. The number of aliphatic hydroxyl groups is 2. The Morgan fingerprint density at radius 1 is 0.915 bits per heavy atom. The van der Waals surface area contributed by atoms with Crippen LogP contribution in [0, 0.1) is 36.5 Å². The number of piperidine rings is 1. The molecule has 1 aromatic carbocycles. The van der Waals surface area contributed by atoms with E-state index >= 15 is 0 Å². The van der Waals surface area contributed by atoms with Crippen LogP contribution in [0.3, 0.4) is 0 Å². The van der Waals surface area contributed by atoms with E-state index in [4.69, 9.17) is 18.9 Å². The number of hydrogen-bond acceptors (Lipinski definition) is 14. The third kappa shape index (κ3) is 8.43. The Labute approximate surface area is 342 Å². The van der Waals surface area contributed by atoms with Crippen LogP contribution in [0.1, 0.15) is 97.9 Å². The van der Waals surface area contributed by atoms with Gasteiger partial charge in [-0.1, -0.05) is 45.9 Å². The number of nitrogens with zero attached hydrogens (tertiary/aromatic N) is 1. The fraction of sp³-hybridized carbons (Fsp3) is 0.535. The number of carboxylic acid groups (broad SMARTS) is 1. The Kier molecular flexibility index (Phi) is 13.3. The van der Waals surface area contributed by atoms with E-state index in [9.17, 15) is 49.2 Å². The molecular weight excluding hydrogens is 768 g/mol. The van der Waals surface area contributed by atoms with Gasteiger partial charge in [-0.25, -0.2) is 0 Å². The summed E-state index contributed by atoms with van der Waals surface area (Å²) in [6, 6.07) is 0. The van der Waals surface area contributed by atoms with Crippen LogP contribution in [0.2, 0.25) is 0 Å². The van der Waals surface area contributed by atoms with E-state index in [1.54, 1.807) is 33.8 Å². The Morgan fingerprint density at radius 3 is 2.15 bits per heavy atom. The van der Waals surface area contributed by atoms with E-state index in [1.807, 2.05) is 0 Å². The van der Waals surface area contributed by atoms with Gasteiger partial charge in [-0.15, -0.1) is 0 Å². The normalized spacial score (nSPS) is 31.1. The molecule has 4 heterocycles. The summed E-state index contributed by atoms with van der Waals surface area (Å²) in [7, 11) is 1.41. The van der Waals surface area contributed by atoms with Crippen molar-refractivity contribution in [2.75, 3.05) is 20.2 Å². The van der Waals surface area contributed by atoms with E-state index in [0.717, 1.165) is 6.26 Å². The zero-order chi connectivity index (χ0) is 43.8. The Hall–Kier alpha value is -5.32. The highest BCUT2D eigenvalue weighted by Gasteiger charge is 2.53. The zero-order valence-corrected chi connectivity index (χ0v) is 34.7. The smallest absolute Gasteiger partial charge is 0.312 e. The van der Waals surface area contributed by atoms with Crippen molar-refractivity contribution in [3.05, 3.63) is 69.8 Å². The van der Waals surface area contributed by atoms with E-state index in [-0.39, 0.29) is 54.1 Å². The molecule has 9 atom stereocenters. The van der Waals surface area contributed by atoms with Gasteiger partial charge in [0.2, 0.25) is 11.6 Å². The second-order valence-corrected chi connectivity index (χ2v) is 16.1. The number of aliphatic carboxylic acids is 1. The molecule has 1 fully saturated rings. The lowest BCUT2D eigenvalue weighted by atomic mass is 9.78. The van der Waals surface area contributed by atoms with Crippen molar-refractivity contribution in [3.63, 3.8) is 0 Å². The average molecular weight is 823 g/mol. The number of likely N-dealkylation sites (tertiary alicyclic amines) is 1.